The molecule has 4 heteroatoms. The summed E-state index contributed by atoms with van der Waals surface area (Å²) in [6.07, 6.45) is 0. The van der Waals surface area contributed by atoms with Gasteiger partial charge in [0, 0.05) is 5.69 Å². The molecule has 1 N–H and O–H groups in total. The van der Waals surface area contributed by atoms with E-state index >= 15 is 0 Å². The summed E-state index contributed by atoms with van der Waals surface area (Å²) in [5, 5.41) is 2.72. The smallest absolute Gasteiger partial charge is 0.338 e. The minimum absolute atomic E-state index is 0.307. The molecule has 23 heavy (non-hydrogen) atoms. The Morgan fingerprint density at radius 3 is 2.09 bits per heavy atom. The monoisotopic (exact) mass is 311 g/mol. The quantitative estimate of drug-likeness (QED) is 0.876. The summed E-state index contributed by atoms with van der Waals surface area (Å²) in [5.41, 5.74) is 5.51. The Labute approximate surface area is 136 Å². The van der Waals surface area contributed by atoms with Crippen LogP contribution >= 0.6 is 0 Å². The third-order valence-electron chi connectivity index (χ3n) is 3.87. The van der Waals surface area contributed by atoms with E-state index in [0.29, 0.717) is 11.3 Å². The molecule has 0 unspecified atom stereocenters. The van der Waals surface area contributed by atoms with Gasteiger partial charge in [-0.25, -0.2) is 4.79 Å². The fourth-order valence-corrected chi connectivity index (χ4v) is 2.10. The van der Waals surface area contributed by atoms with Gasteiger partial charge >= 0.3 is 5.97 Å². The average molecular weight is 311 g/mol. The van der Waals surface area contributed by atoms with Gasteiger partial charge in [-0.15, -0.1) is 0 Å². The second-order valence-corrected chi connectivity index (χ2v) is 5.72. The van der Waals surface area contributed by atoms with E-state index in [2.05, 4.69) is 5.32 Å². The number of nitrogens with one attached hydrogen (secondary N) is 1. The molecule has 0 saturated heterocycles. The normalized spacial score (nSPS) is 10.3. The molecule has 0 radical (unpaired) electrons. The van der Waals surface area contributed by atoms with Crippen molar-refractivity contribution >= 4 is 17.6 Å². The minimum atomic E-state index is -0.497. The number of esters is 1. The predicted molar refractivity (Wildman–Crippen MR) is 90.7 cm³/mol. The molecule has 1 amide bonds. The summed E-state index contributed by atoms with van der Waals surface area (Å²) < 4.78 is 5.06. The Hall–Kier alpha value is -2.62. The third kappa shape index (κ3) is 4.42. The Kier molecular flexibility index (Phi) is 5.16. The number of amides is 1. The van der Waals surface area contributed by atoms with Crippen molar-refractivity contribution in [2.45, 2.75) is 27.7 Å². The lowest BCUT2D eigenvalue weighted by Crippen LogP contribution is -2.21. The highest BCUT2D eigenvalue weighted by Gasteiger charge is 2.11. The van der Waals surface area contributed by atoms with Crippen molar-refractivity contribution in [1.82, 2.24) is 0 Å². The maximum Gasteiger partial charge on any atom is 0.338 e. The van der Waals surface area contributed by atoms with E-state index in [-0.39, 0.29) is 12.5 Å². The van der Waals surface area contributed by atoms with Crippen LogP contribution in [0.3, 0.4) is 0 Å². The number of aryl methyl sites for hydroxylation is 4. The van der Waals surface area contributed by atoms with Crippen LogP contribution < -0.4 is 5.32 Å². The molecule has 120 valence electrons. The molecule has 0 aliphatic carbocycles. The second-order valence-electron chi connectivity index (χ2n) is 5.72. The van der Waals surface area contributed by atoms with Crippen molar-refractivity contribution in [2.24, 2.45) is 0 Å². The standard InChI is InChI=1S/C19H21NO3/c1-12-5-7-16(9-14(12)3)19(22)23-11-18(21)20-17-8-6-13(2)15(4)10-17/h5-10H,11H2,1-4H3,(H,20,21). The Bertz CT molecular complexity index is 750. The molecule has 0 saturated carbocycles. The van der Waals surface area contributed by atoms with Crippen molar-refractivity contribution < 1.29 is 14.3 Å². The third-order valence-corrected chi connectivity index (χ3v) is 3.87. The van der Waals surface area contributed by atoms with Crippen molar-refractivity contribution in [3.05, 3.63) is 64.2 Å². The molecule has 0 aliphatic rings. The van der Waals surface area contributed by atoms with Gasteiger partial charge < -0.3 is 10.1 Å². The van der Waals surface area contributed by atoms with Gasteiger partial charge in [-0.05, 0) is 74.2 Å². The fraction of sp³-hybridized carbons (Fsp3) is 0.263. The molecule has 0 bridgehead atoms. The van der Waals surface area contributed by atoms with E-state index in [1.807, 2.05) is 52.0 Å². The number of carbonyl (C=O) groups is 2. The van der Waals surface area contributed by atoms with Gasteiger partial charge in [0.05, 0.1) is 5.56 Å². The molecule has 0 fully saturated rings. The van der Waals surface area contributed by atoms with Crippen molar-refractivity contribution in [3.8, 4) is 0 Å². The highest BCUT2D eigenvalue weighted by molar-refractivity contribution is 5.95. The van der Waals surface area contributed by atoms with Crippen LogP contribution in [0.2, 0.25) is 0 Å². The molecular weight excluding hydrogens is 290 g/mol. The summed E-state index contributed by atoms with van der Waals surface area (Å²) in [6.45, 7) is 7.58. The summed E-state index contributed by atoms with van der Waals surface area (Å²) in [4.78, 5) is 23.8. The van der Waals surface area contributed by atoms with Crippen molar-refractivity contribution in [2.75, 3.05) is 11.9 Å². The van der Waals surface area contributed by atoms with E-state index in [1.54, 1.807) is 12.1 Å². The van der Waals surface area contributed by atoms with Gasteiger partial charge in [0.15, 0.2) is 6.61 Å². The van der Waals surface area contributed by atoms with Crippen LogP contribution in [0.15, 0.2) is 36.4 Å². The van der Waals surface area contributed by atoms with Crippen LogP contribution in [-0.4, -0.2) is 18.5 Å². The number of anilines is 1. The average Bonchev–Trinajstić information content (AvgIpc) is 2.51. The maximum absolute atomic E-state index is 12.0. The van der Waals surface area contributed by atoms with Gasteiger partial charge in [0.25, 0.3) is 5.91 Å². The summed E-state index contributed by atoms with van der Waals surface area (Å²) in [6, 6.07) is 11.0. The zero-order chi connectivity index (χ0) is 17.0. The Morgan fingerprint density at radius 2 is 1.48 bits per heavy atom. The van der Waals surface area contributed by atoms with Crippen LogP contribution in [-0.2, 0) is 9.53 Å². The molecular formula is C19H21NO3. The first kappa shape index (κ1) is 16.7. The fourth-order valence-electron chi connectivity index (χ4n) is 2.10. The van der Waals surface area contributed by atoms with Crippen LogP contribution in [0, 0.1) is 27.7 Å². The first-order chi connectivity index (χ1) is 10.9. The van der Waals surface area contributed by atoms with Crippen molar-refractivity contribution in [1.29, 1.82) is 0 Å². The first-order valence-electron chi connectivity index (χ1n) is 7.48. The van der Waals surface area contributed by atoms with Crippen molar-refractivity contribution in [3.63, 3.8) is 0 Å². The van der Waals surface area contributed by atoms with E-state index in [1.165, 1.54) is 0 Å². The second kappa shape index (κ2) is 7.09. The highest BCUT2D eigenvalue weighted by atomic mass is 16.5. The number of rotatable bonds is 4. The van der Waals surface area contributed by atoms with E-state index in [9.17, 15) is 9.59 Å². The minimum Gasteiger partial charge on any atom is -0.452 e. The van der Waals surface area contributed by atoms with Crippen LogP contribution in [0.25, 0.3) is 0 Å². The summed E-state index contributed by atoms with van der Waals surface area (Å²) >= 11 is 0. The lowest BCUT2D eigenvalue weighted by atomic mass is 10.1. The van der Waals surface area contributed by atoms with Gasteiger partial charge in [0.2, 0.25) is 0 Å². The number of hydrogen-bond donors (Lipinski definition) is 1. The van der Waals surface area contributed by atoms with Crippen LogP contribution in [0.4, 0.5) is 5.69 Å². The Morgan fingerprint density at radius 1 is 0.870 bits per heavy atom. The summed E-state index contributed by atoms with van der Waals surface area (Å²) in [7, 11) is 0. The summed E-state index contributed by atoms with van der Waals surface area (Å²) in [5.74, 6) is -0.853. The lowest BCUT2D eigenvalue weighted by molar-refractivity contribution is -0.119. The van der Waals surface area contributed by atoms with Gasteiger partial charge in [0.1, 0.15) is 0 Å². The molecule has 2 aromatic carbocycles. The first-order valence-corrected chi connectivity index (χ1v) is 7.48. The molecule has 2 aromatic rings. The molecule has 4 nitrogen and oxygen atoms in total. The van der Waals surface area contributed by atoms with Gasteiger partial charge in [-0.1, -0.05) is 12.1 Å². The van der Waals surface area contributed by atoms with E-state index in [0.717, 1.165) is 22.3 Å². The molecule has 0 atom stereocenters. The molecule has 0 spiro atoms. The number of benzene rings is 2. The van der Waals surface area contributed by atoms with E-state index < -0.39 is 5.97 Å². The molecule has 2 rings (SSSR count). The van der Waals surface area contributed by atoms with Gasteiger partial charge in [-0.3, -0.25) is 4.79 Å². The molecule has 0 aromatic heterocycles. The topological polar surface area (TPSA) is 55.4 Å². The van der Waals surface area contributed by atoms with Crippen LogP contribution in [0.1, 0.15) is 32.6 Å². The highest BCUT2D eigenvalue weighted by Crippen LogP contribution is 2.14. The lowest BCUT2D eigenvalue weighted by Gasteiger charge is -2.09. The Balaban J connectivity index is 1.91. The SMILES string of the molecule is Cc1ccc(NC(=O)COC(=O)c2ccc(C)c(C)c2)cc1C. The molecule has 0 heterocycles. The number of hydrogen-bond acceptors (Lipinski definition) is 3. The largest absolute Gasteiger partial charge is 0.452 e. The van der Waals surface area contributed by atoms with Crippen LogP contribution in [0.5, 0.6) is 0 Å². The van der Waals surface area contributed by atoms with E-state index in [4.69, 9.17) is 4.74 Å². The van der Waals surface area contributed by atoms with Gasteiger partial charge in [-0.2, -0.15) is 0 Å². The zero-order valence-corrected chi connectivity index (χ0v) is 13.9. The predicted octanol–water partition coefficient (Wildman–Crippen LogP) is 3.72. The zero-order valence-electron chi connectivity index (χ0n) is 13.9. The maximum atomic E-state index is 12.0. The molecule has 0 aliphatic heterocycles. The number of ether oxygens (including phenoxy) is 1. The number of carbonyl (C=O) groups excluding carboxylic acids is 2.